The van der Waals surface area contributed by atoms with Gasteiger partial charge in [-0.15, -0.1) is 0 Å². The molecule has 4 nitrogen and oxygen atoms in total. The maximum absolute atomic E-state index is 13.6. The van der Waals surface area contributed by atoms with Crippen molar-refractivity contribution in [2.45, 2.75) is 25.3 Å². The van der Waals surface area contributed by atoms with Crippen LogP contribution < -0.4 is 9.91 Å². The molecule has 0 aliphatic carbocycles. The van der Waals surface area contributed by atoms with Crippen LogP contribution in [-0.2, 0) is 11.2 Å². The Kier molecular flexibility index (Phi) is 5.85. The summed E-state index contributed by atoms with van der Waals surface area (Å²) in [4.78, 5) is 15.5. The van der Waals surface area contributed by atoms with Crippen LogP contribution in [0.4, 0.5) is 11.4 Å². The molecule has 1 amide bonds. The Morgan fingerprint density at radius 3 is 2.44 bits per heavy atom. The first-order chi connectivity index (χ1) is 15.5. The molecule has 0 spiro atoms. The van der Waals surface area contributed by atoms with E-state index in [0.717, 1.165) is 24.1 Å². The first kappa shape index (κ1) is 21.3. The second kappa shape index (κ2) is 8.78. The molecule has 2 aliphatic heterocycles. The molecule has 0 N–H and O–H groups in total. The number of para-hydroxylation sites is 1. The lowest BCUT2D eigenvalue weighted by Gasteiger charge is -2.29. The van der Waals surface area contributed by atoms with Crippen molar-refractivity contribution >= 4 is 57.8 Å². The van der Waals surface area contributed by atoms with E-state index >= 15 is 0 Å². The van der Waals surface area contributed by atoms with Crippen molar-refractivity contribution < 1.29 is 4.79 Å². The maximum Gasteiger partial charge on any atom is 0.274 e. The predicted octanol–water partition coefficient (Wildman–Crippen LogP) is 6.93. The van der Waals surface area contributed by atoms with Crippen molar-refractivity contribution in [3.63, 3.8) is 0 Å². The van der Waals surface area contributed by atoms with Crippen LogP contribution in [0.5, 0.6) is 0 Å². The standard InChI is InChI=1S/C25H20Cl3N3O/c26-18-9-7-17(8-10-18)24-15-21(29-31(24)23-12-11-19(27)14-20(23)28)25(32)30-13-3-5-16-4-1-2-6-22(16)30/h1-2,4,6-12,14,24H,3,5,13,15H2. The summed E-state index contributed by atoms with van der Waals surface area (Å²) in [5.41, 5.74) is 4.38. The number of halogens is 3. The van der Waals surface area contributed by atoms with E-state index in [-0.39, 0.29) is 11.9 Å². The lowest BCUT2D eigenvalue weighted by molar-refractivity contribution is -0.112. The molecule has 5 rings (SSSR count). The van der Waals surface area contributed by atoms with Crippen molar-refractivity contribution in [1.29, 1.82) is 0 Å². The van der Waals surface area contributed by atoms with Crippen molar-refractivity contribution in [2.75, 3.05) is 16.5 Å². The Morgan fingerprint density at radius 1 is 0.906 bits per heavy atom. The fourth-order valence-electron chi connectivity index (χ4n) is 4.37. The zero-order valence-electron chi connectivity index (χ0n) is 17.1. The highest BCUT2D eigenvalue weighted by Gasteiger charge is 2.36. The Hall–Kier alpha value is -2.53. The third kappa shape index (κ3) is 3.99. The lowest BCUT2D eigenvalue weighted by Crippen LogP contribution is -2.39. The number of aryl methyl sites for hydroxylation is 1. The maximum atomic E-state index is 13.6. The fraction of sp³-hybridized carbons (Fsp3) is 0.200. The van der Waals surface area contributed by atoms with Gasteiger partial charge < -0.3 is 4.90 Å². The third-order valence-electron chi connectivity index (χ3n) is 5.92. The van der Waals surface area contributed by atoms with E-state index in [4.69, 9.17) is 39.9 Å². The van der Waals surface area contributed by atoms with Crippen LogP contribution >= 0.6 is 34.8 Å². The van der Waals surface area contributed by atoms with Gasteiger partial charge in [0.1, 0.15) is 5.71 Å². The number of anilines is 2. The first-order valence-corrected chi connectivity index (χ1v) is 11.6. The second-order valence-electron chi connectivity index (χ2n) is 7.95. The van der Waals surface area contributed by atoms with E-state index < -0.39 is 0 Å². The summed E-state index contributed by atoms with van der Waals surface area (Å²) in [5, 5.41) is 8.29. The van der Waals surface area contributed by atoms with Gasteiger partial charge in [-0.25, -0.2) is 0 Å². The van der Waals surface area contributed by atoms with Crippen LogP contribution in [0.25, 0.3) is 0 Å². The van der Waals surface area contributed by atoms with Gasteiger partial charge in [-0.1, -0.05) is 65.1 Å². The van der Waals surface area contributed by atoms with Crippen molar-refractivity contribution in [2.24, 2.45) is 5.10 Å². The van der Waals surface area contributed by atoms with Crippen LogP contribution in [0.1, 0.15) is 30.0 Å². The minimum atomic E-state index is -0.176. The molecular weight excluding hydrogens is 465 g/mol. The van der Waals surface area contributed by atoms with Gasteiger partial charge in [-0.3, -0.25) is 9.80 Å². The van der Waals surface area contributed by atoms with E-state index in [1.807, 2.05) is 58.4 Å². The molecule has 3 aromatic rings. The van der Waals surface area contributed by atoms with Gasteiger partial charge in [-0.05, 0) is 60.4 Å². The van der Waals surface area contributed by atoms with E-state index in [1.54, 1.807) is 12.1 Å². The molecule has 3 aromatic carbocycles. The van der Waals surface area contributed by atoms with Crippen LogP contribution in [0.15, 0.2) is 71.8 Å². The Balaban J connectivity index is 1.53. The number of amides is 1. The van der Waals surface area contributed by atoms with E-state index in [0.29, 0.717) is 39.4 Å². The summed E-state index contributed by atoms with van der Waals surface area (Å²) in [6.45, 7) is 0.683. The van der Waals surface area contributed by atoms with Crippen LogP contribution in [0.3, 0.4) is 0 Å². The minimum absolute atomic E-state index is 0.0660. The number of hydrazone groups is 1. The van der Waals surface area contributed by atoms with Gasteiger partial charge in [0.05, 0.1) is 16.8 Å². The van der Waals surface area contributed by atoms with Gasteiger partial charge in [0.25, 0.3) is 5.91 Å². The zero-order chi connectivity index (χ0) is 22.2. The molecule has 7 heteroatoms. The van der Waals surface area contributed by atoms with Gasteiger partial charge >= 0.3 is 0 Å². The highest BCUT2D eigenvalue weighted by molar-refractivity contribution is 6.44. The van der Waals surface area contributed by atoms with Crippen molar-refractivity contribution in [3.05, 3.63) is 92.9 Å². The second-order valence-corrected chi connectivity index (χ2v) is 9.23. The highest BCUT2D eigenvalue weighted by Crippen LogP contribution is 2.40. The summed E-state index contributed by atoms with van der Waals surface area (Å²) < 4.78 is 0. The summed E-state index contributed by atoms with van der Waals surface area (Å²) in [7, 11) is 0. The first-order valence-electron chi connectivity index (χ1n) is 10.5. The number of benzene rings is 3. The van der Waals surface area contributed by atoms with Crippen molar-refractivity contribution in [3.8, 4) is 0 Å². The molecule has 2 heterocycles. The lowest BCUT2D eigenvalue weighted by atomic mass is 9.98. The average Bonchev–Trinajstić information content (AvgIpc) is 3.24. The fourth-order valence-corrected chi connectivity index (χ4v) is 4.99. The van der Waals surface area contributed by atoms with E-state index in [2.05, 4.69) is 6.07 Å². The smallest absolute Gasteiger partial charge is 0.274 e. The Labute approximate surface area is 202 Å². The molecule has 1 unspecified atom stereocenters. The van der Waals surface area contributed by atoms with Crippen LogP contribution in [0.2, 0.25) is 15.1 Å². The number of hydrogen-bond donors (Lipinski definition) is 0. The quantitative estimate of drug-likeness (QED) is 0.404. The van der Waals surface area contributed by atoms with Crippen LogP contribution in [-0.4, -0.2) is 18.2 Å². The van der Waals surface area contributed by atoms with Crippen molar-refractivity contribution in [1.82, 2.24) is 0 Å². The molecule has 0 saturated carbocycles. The topological polar surface area (TPSA) is 35.9 Å². The summed E-state index contributed by atoms with van der Waals surface area (Å²) in [6.07, 6.45) is 2.38. The monoisotopic (exact) mass is 483 g/mol. The molecule has 0 radical (unpaired) electrons. The molecule has 2 aliphatic rings. The average molecular weight is 485 g/mol. The zero-order valence-corrected chi connectivity index (χ0v) is 19.4. The molecule has 162 valence electrons. The predicted molar refractivity (Wildman–Crippen MR) is 132 cm³/mol. The van der Waals surface area contributed by atoms with Gasteiger partial charge in [0.15, 0.2) is 0 Å². The van der Waals surface area contributed by atoms with E-state index in [1.165, 1.54) is 5.56 Å². The number of fused-ring (bicyclic) bond motifs is 1. The van der Waals surface area contributed by atoms with E-state index in [9.17, 15) is 4.79 Å². The van der Waals surface area contributed by atoms with Gasteiger partial charge in [0.2, 0.25) is 0 Å². The molecule has 0 fully saturated rings. The number of hydrogen-bond acceptors (Lipinski definition) is 3. The minimum Gasteiger partial charge on any atom is -0.307 e. The highest BCUT2D eigenvalue weighted by atomic mass is 35.5. The summed E-state index contributed by atoms with van der Waals surface area (Å²) >= 11 is 18.7. The Morgan fingerprint density at radius 2 is 1.66 bits per heavy atom. The normalized spacial score (nSPS) is 17.8. The SMILES string of the molecule is O=C(C1=NN(c2ccc(Cl)cc2Cl)C(c2ccc(Cl)cc2)C1)N1CCCc2ccccc21. The summed E-state index contributed by atoms with van der Waals surface area (Å²) in [6, 6.07) is 20.8. The molecule has 0 saturated heterocycles. The van der Waals surface area contributed by atoms with Gasteiger partial charge in [0, 0.05) is 28.7 Å². The number of nitrogens with zero attached hydrogens (tertiary/aromatic N) is 3. The molecular formula is C25H20Cl3N3O. The van der Waals surface area contributed by atoms with Gasteiger partial charge in [-0.2, -0.15) is 5.10 Å². The Bertz CT molecular complexity index is 1210. The number of carbonyl (C=O) groups excluding carboxylic acids is 1. The number of carbonyl (C=O) groups is 1. The largest absolute Gasteiger partial charge is 0.307 e. The summed E-state index contributed by atoms with van der Waals surface area (Å²) in [5.74, 6) is -0.0660. The number of rotatable bonds is 3. The van der Waals surface area contributed by atoms with Crippen LogP contribution in [0, 0.1) is 0 Å². The third-order valence-corrected chi connectivity index (χ3v) is 6.71. The molecule has 32 heavy (non-hydrogen) atoms. The molecule has 0 aromatic heterocycles. The molecule has 0 bridgehead atoms. The molecule has 1 atom stereocenters.